The van der Waals surface area contributed by atoms with E-state index in [-0.39, 0.29) is 12.6 Å². The van der Waals surface area contributed by atoms with Crippen molar-refractivity contribution in [3.8, 4) is 5.75 Å². The van der Waals surface area contributed by atoms with E-state index in [1.165, 1.54) is 12.1 Å². The van der Waals surface area contributed by atoms with Crippen LogP contribution in [-0.2, 0) is 6.54 Å². The Morgan fingerprint density at radius 1 is 1.42 bits per heavy atom. The maximum absolute atomic E-state index is 13.5. The van der Waals surface area contributed by atoms with E-state index in [4.69, 9.17) is 0 Å². The number of ether oxygens (including phenoxy) is 1. The first kappa shape index (κ1) is 14.1. The fourth-order valence-corrected chi connectivity index (χ4v) is 2.38. The number of hydrogen-bond acceptors (Lipinski definition) is 3. The molecule has 0 aliphatic carbocycles. The van der Waals surface area contributed by atoms with Crippen LogP contribution >= 0.6 is 0 Å². The number of nitrogens with zero attached hydrogens (tertiary/aromatic N) is 1. The van der Waals surface area contributed by atoms with Gasteiger partial charge in [0.05, 0.1) is 6.61 Å². The molecule has 2 rings (SSSR count). The summed E-state index contributed by atoms with van der Waals surface area (Å²) in [7, 11) is 0. The Hall–Kier alpha value is -1.27. The zero-order chi connectivity index (χ0) is 13.8. The van der Waals surface area contributed by atoms with E-state index in [1.54, 1.807) is 6.07 Å². The Kier molecular flexibility index (Phi) is 4.66. The predicted molar refractivity (Wildman–Crippen MR) is 63.5 cm³/mol. The molecule has 0 aromatic heterocycles. The number of alkyl halides is 2. The molecule has 0 radical (unpaired) electrons. The number of aliphatic hydroxyl groups excluding tert-OH is 1. The smallest absolute Gasteiger partial charge is 0.387 e. The summed E-state index contributed by atoms with van der Waals surface area (Å²) >= 11 is 0. The van der Waals surface area contributed by atoms with E-state index in [9.17, 15) is 18.3 Å². The first-order valence-corrected chi connectivity index (χ1v) is 6.18. The van der Waals surface area contributed by atoms with Gasteiger partial charge in [-0.3, -0.25) is 4.90 Å². The number of hydrogen-bond donors (Lipinski definition) is 1. The second-order valence-electron chi connectivity index (χ2n) is 4.59. The van der Waals surface area contributed by atoms with Crippen molar-refractivity contribution in [3.63, 3.8) is 0 Å². The van der Waals surface area contributed by atoms with Crippen LogP contribution in [0.1, 0.15) is 18.4 Å². The van der Waals surface area contributed by atoms with Crippen LogP contribution in [0.25, 0.3) is 0 Å². The highest BCUT2D eigenvalue weighted by Gasteiger charge is 2.23. The molecule has 0 amide bonds. The molecular formula is C13H16F3NO2. The number of benzene rings is 1. The third-order valence-corrected chi connectivity index (χ3v) is 3.31. The van der Waals surface area contributed by atoms with Gasteiger partial charge in [0.15, 0.2) is 11.6 Å². The lowest BCUT2D eigenvalue weighted by Gasteiger charge is -2.22. The van der Waals surface area contributed by atoms with Crippen molar-refractivity contribution in [3.05, 3.63) is 29.6 Å². The van der Waals surface area contributed by atoms with Crippen LogP contribution < -0.4 is 4.74 Å². The van der Waals surface area contributed by atoms with Gasteiger partial charge in [-0.2, -0.15) is 8.78 Å². The maximum Gasteiger partial charge on any atom is 0.387 e. The molecule has 1 saturated heterocycles. The summed E-state index contributed by atoms with van der Waals surface area (Å²) in [6, 6.07) is 4.07. The van der Waals surface area contributed by atoms with Crippen molar-refractivity contribution in [2.45, 2.75) is 32.0 Å². The van der Waals surface area contributed by atoms with Crippen molar-refractivity contribution < 1.29 is 23.0 Å². The molecule has 3 nitrogen and oxygen atoms in total. The van der Waals surface area contributed by atoms with Gasteiger partial charge in [-0.05, 0) is 37.1 Å². The zero-order valence-corrected chi connectivity index (χ0v) is 10.4. The standard InChI is InChI=1S/C13H16F3NO2/c14-11-6-9(3-4-12(11)19-13(15)16)7-17-5-1-2-10(17)8-18/h3-4,6,10,13,18H,1-2,5,7-8H2/t10-/m1/s1. The van der Waals surface area contributed by atoms with E-state index in [0.29, 0.717) is 12.1 Å². The van der Waals surface area contributed by atoms with Crippen molar-refractivity contribution in [1.82, 2.24) is 4.90 Å². The minimum atomic E-state index is -3.03. The molecule has 6 heteroatoms. The number of likely N-dealkylation sites (tertiary alicyclic amines) is 1. The van der Waals surface area contributed by atoms with Crippen LogP contribution in [0.15, 0.2) is 18.2 Å². The summed E-state index contributed by atoms with van der Waals surface area (Å²) in [5.74, 6) is -1.24. The lowest BCUT2D eigenvalue weighted by Crippen LogP contribution is -2.31. The largest absolute Gasteiger partial charge is 0.432 e. The van der Waals surface area contributed by atoms with Gasteiger partial charge in [0.1, 0.15) is 0 Å². The second kappa shape index (κ2) is 6.25. The van der Waals surface area contributed by atoms with E-state index in [0.717, 1.165) is 19.4 Å². The topological polar surface area (TPSA) is 32.7 Å². The van der Waals surface area contributed by atoms with Gasteiger partial charge in [0.2, 0.25) is 0 Å². The molecule has 1 heterocycles. The molecule has 19 heavy (non-hydrogen) atoms. The summed E-state index contributed by atoms with van der Waals surface area (Å²) in [5.41, 5.74) is 0.680. The Balaban J connectivity index is 2.03. The van der Waals surface area contributed by atoms with Crippen LogP contribution in [0.2, 0.25) is 0 Å². The lowest BCUT2D eigenvalue weighted by molar-refractivity contribution is -0.0522. The number of rotatable bonds is 5. The minimum Gasteiger partial charge on any atom is -0.432 e. The Labute approximate surface area is 109 Å². The molecule has 1 aromatic rings. The number of aliphatic hydroxyl groups is 1. The Bertz CT molecular complexity index is 428. The third-order valence-electron chi connectivity index (χ3n) is 3.31. The van der Waals surface area contributed by atoms with Crippen molar-refractivity contribution in [1.29, 1.82) is 0 Å². The lowest BCUT2D eigenvalue weighted by atomic mass is 10.1. The highest BCUT2D eigenvalue weighted by Crippen LogP contribution is 2.24. The van der Waals surface area contributed by atoms with Crippen LogP contribution in [0.3, 0.4) is 0 Å². The zero-order valence-electron chi connectivity index (χ0n) is 10.4. The minimum absolute atomic E-state index is 0.0784. The van der Waals surface area contributed by atoms with Gasteiger partial charge >= 0.3 is 6.61 Å². The van der Waals surface area contributed by atoms with E-state index >= 15 is 0 Å². The molecule has 1 atom stereocenters. The molecule has 0 saturated carbocycles. The van der Waals surface area contributed by atoms with Crippen LogP contribution in [0.5, 0.6) is 5.75 Å². The van der Waals surface area contributed by atoms with Gasteiger partial charge in [0, 0.05) is 12.6 Å². The second-order valence-corrected chi connectivity index (χ2v) is 4.59. The van der Waals surface area contributed by atoms with Gasteiger partial charge in [-0.1, -0.05) is 6.07 Å². The van der Waals surface area contributed by atoms with Crippen molar-refractivity contribution >= 4 is 0 Å². The molecule has 106 valence electrons. The highest BCUT2D eigenvalue weighted by molar-refractivity contribution is 5.29. The summed E-state index contributed by atoms with van der Waals surface area (Å²) in [6.45, 7) is -1.61. The quantitative estimate of drug-likeness (QED) is 0.895. The summed E-state index contributed by atoms with van der Waals surface area (Å²) < 4.78 is 41.6. The van der Waals surface area contributed by atoms with E-state index in [2.05, 4.69) is 9.64 Å². The van der Waals surface area contributed by atoms with Gasteiger partial charge < -0.3 is 9.84 Å². The van der Waals surface area contributed by atoms with E-state index in [1.807, 2.05) is 0 Å². The molecule has 0 spiro atoms. The molecule has 1 aliphatic rings. The normalized spacial score (nSPS) is 20.2. The molecule has 1 fully saturated rings. The van der Waals surface area contributed by atoms with Gasteiger partial charge in [-0.15, -0.1) is 0 Å². The summed E-state index contributed by atoms with van der Waals surface area (Å²) in [6.07, 6.45) is 1.92. The maximum atomic E-state index is 13.5. The molecule has 1 N–H and O–H groups in total. The summed E-state index contributed by atoms with van der Waals surface area (Å²) in [5, 5.41) is 9.19. The third kappa shape index (κ3) is 3.61. The monoisotopic (exact) mass is 275 g/mol. The molecule has 0 bridgehead atoms. The average Bonchev–Trinajstić information content (AvgIpc) is 2.79. The van der Waals surface area contributed by atoms with Crippen molar-refractivity contribution in [2.24, 2.45) is 0 Å². The highest BCUT2D eigenvalue weighted by atomic mass is 19.3. The number of halogens is 3. The molecule has 1 aliphatic heterocycles. The SMILES string of the molecule is OC[C@H]1CCCN1Cc1ccc(OC(F)F)c(F)c1. The first-order chi connectivity index (χ1) is 9.10. The molecule has 0 unspecified atom stereocenters. The van der Waals surface area contributed by atoms with E-state index < -0.39 is 18.2 Å². The summed E-state index contributed by atoms with van der Waals surface area (Å²) in [4.78, 5) is 2.06. The van der Waals surface area contributed by atoms with Gasteiger partial charge in [-0.25, -0.2) is 4.39 Å². The first-order valence-electron chi connectivity index (χ1n) is 6.18. The van der Waals surface area contributed by atoms with Gasteiger partial charge in [0.25, 0.3) is 0 Å². The van der Waals surface area contributed by atoms with Crippen LogP contribution in [0, 0.1) is 5.82 Å². The molecule has 1 aromatic carbocycles. The van der Waals surface area contributed by atoms with Crippen molar-refractivity contribution in [2.75, 3.05) is 13.2 Å². The fourth-order valence-electron chi connectivity index (χ4n) is 2.38. The molecular weight excluding hydrogens is 259 g/mol. The van der Waals surface area contributed by atoms with Crippen LogP contribution in [-0.4, -0.2) is 35.8 Å². The fraction of sp³-hybridized carbons (Fsp3) is 0.538. The van der Waals surface area contributed by atoms with Crippen LogP contribution in [0.4, 0.5) is 13.2 Å². The Morgan fingerprint density at radius 2 is 2.21 bits per heavy atom. The predicted octanol–water partition coefficient (Wildman–Crippen LogP) is 2.38. The Morgan fingerprint density at radius 3 is 2.84 bits per heavy atom. The average molecular weight is 275 g/mol.